The lowest BCUT2D eigenvalue weighted by molar-refractivity contribution is -0.144. The summed E-state index contributed by atoms with van der Waals surface area (Å²) in [4.78, 5) is 5.34. The second-order valence-corrected chi connectivity index (χ2v) is 4.78. The molecule has 2 atom stereocenters. The number of imidazole rings is 1. The highest BCUT2D eigenvalue weighted by Gasteiger charge is 2.38. The molecule has 0 saturated heterocycles. The van der Waals surface area contributed by atoms with Crippen LogP contribution in [0.2, 0.25) is 0 Å². The zero-order valence-corrected chi connectivity index (χ0v) is 10.8. The van der Waals surface area contributed by atoms with E-state index < -0.39 is 24.7 Å². The summed E-state index contributed by atoms with van der Waals surface area (Å²) in [5.74, 6) is -1.85. The molecule has 1 aromatic heterocycles. The molecule has 3 rings (SSSR count). The van der Waals surface area contributed by atoms with Crippen molar-refractivity contribution >= 4 is 27.0 Å². The van der Waals surface area contributed by atoms with Crippen LogP contribution in [0.15, 0.2) is 10.5 Å². The van der Waals surface area contributed by atoms with Gasteiger partial charge in [0.1, 0.15) is 11.0 Å². The molecule has 2 heterocycles. The van der Waals surface area contributed by atoms with Crippen molar-refractivity contribution in [2.75, 3.05) is 0 Å². The van der Waals surface area contributed by atoms with E-state index >= 15 is 0 Å². The zero-order valence-electron chi connectivity index (χ0n) is 9.26. The van der Waals surface area contributed by atoms with Gasteiger partial charge in [-0.25, -0.2) is 4.98 Å². The van der Waals surface area contributed by atoms with E-state index in [1.165, 1.54) is 0 Å². The Kier molecular flexibility index (Phi) is 2.82. The number of aromatic nitrogens is 2. The summed E-state index contributed by atoms with van der Waals surface area (Å²) in [6.07, 6.45) is -9.49. The van der Waals surface area contributed by atoms with Crippen molar-refractivity contribution in [2.45, 2.75) is 18.9 Å². The molecule has 0 spiro atoms. The van der Waals surface area contributed by atoms with Gasteiger partial charge in [-0.15, -0.1) is 0 Å². The van der Waals surface area contributed by atoms with Gasteiger partial charge in [0.05, 0.1) is 0 Å². The molecule has 10 heteroatoms. The first kappa shape index (κ1) is 13.4. The van der Waals surface area contributed by atoms with Crippen LogP contribution in [0.5, 0.6) is 11.5 Å². The third kappa shape index (κ3) is 1.98. The maximum Gasteiger partial charge on any atom is 0.449 e. The van der Waals surface area contributed by atoms with E-state index in [0.717, 1.165) is 6.07 Å². The molecule has 2 unspecified atom stereocenters. The Morgan fingerprint density at radius 1 is 1.20 bits per heavy atom. The number of H-pyrrole nitrogens is 1. The number of nitrogens with zero attached hydrogens (tertiary/aromatic N) is 1. The summed E-state index contributed by atoms with van der Waals surface area (Å²) >= 11 is 2.99. The zero-order chi connectivity index (χ0) is 14.7. The summed E-state index contributed by atoms with van der Waals surface area (Å²) in [5, 5.41) is 0. The van der Waals surface area contributed by atoms with Crippen molar-refractivity contribution < 1.29 is 31.4 Å². The number of hydrogen-bond acceptors (Lipinski definition) is 3. The van der Waals surface area contributed by atoms with E-state index in [0.29, 0.717) is 0 Å². The summed E-state index contributed by atoms with van der Waals surface area (Å²) in [6, 6.07) is 1.16. The van der Waals surface area contributed by atoms with Crippen LogP contribution in [0.1, 0.15) is 5.82 Å². The number of halogens is 6. The molecule has 20 heavy (non-hydrogen) atoms. The van der Waals surface area contributed by atoms with Crippen molar-refractivity contribution in [3.8, 4) is 11.5 Å². The van der Waals surface area contributed by atoms with Crippen LogP contribution < -0.4 is 9.47 Å². The highest BCUT2D eigenvalue weighted by atomic mass is 79.9. The van der Waals surface area contributed by atoms with E-state index in [1.54, 1.807) is 0 Å². The Hall–Kier alpha value is -1.58. The van der Waals surface area contributed by atoms with Crippen LogP contribution in [-0.4, -0.2) is 22.7 Å². The lowest BCUT2D eigenvalue weighted by atomic mass is 10.2. The van der Waals surface area contributed by atoms with E-state index in [1.807, 2.05) is 4.98 Å². The van der Waals surface area contributed by atoms with Gasteiger partial charge < -0.3 is 14.5 Å². The lowest BCUT2D eigenvalue weighted by Crippen LogP contribution is -2.33. The van der Waals surface area contributed by atoms with Crippen molar-refractivity contribution in [3.05, 3.63) is 16.4 Å². The van der Waals surface area contributed by atoms with E-state index in [-0.39, 0.29) is 27.0 Å². The summed E-state index contributed by atoms with van der Waals surface area (Å²) in [5.41, 5.74) is -0.347. The fourth-order valence-electron chi connectivity index (χ4n) is 1.76. The van der Waals surface area contributed by atoms with Crippen molar-refractivity contribution in [3.63, 3.8) is 0 Å². The number of benzene rings is 1. The van der Waals surface area contributed by atoms with Crippen LogP contribution in [0.4, 0.5) is 22.0 Å². The number of ether oxygens (including phenoxy) is 2. The summed E-state index contributed by atoms with van der Waals surface area (Å²) < 4.78 is 73.4. The molecule has 1 aromatic carbocycles. The Morgan fingerprint density at radius 2 is 1.85 bits per heavy atom. The van der Waals surface area contributed by atoms with E-state index in [9.17, 15) is 22.0 Å². The van der Waals surface area contributed by atoms with Crippen molar-refractivity contribution in [1.82, 2.24) is 9.97 Å². The van der Waals surface area contributed by atoms with Gasteiger partial charge in [0, 0.05) is 10.5 Å². The first-order chi connectivity index (χ1) is 9.27. The third-order valence-corrected chi connectivity index (χ3v) is 3.19. The molecular formula is C10H4BrF5N2O2. The fourth-order valence-corrected chi connectivity index (χ4v) is 2.26. The number of hydrogen-bond donors (Lipinski definition) is 1. The monoisotopic (exact) mass is 358 g/mol. The third-order valence-electron chi connectivity index (χ3n) is 2.58. The standard InChI is InChI=1S/C10H4BrF5N2O2/c11-2-1-3-6(20-8(13)7(12)19-3)5-4(2)17-9(18-5)10(14,15)16/h1,7-8H,(H,17,18). The van der Waals surface area contributed by atoms with Gasteiger partial charge in [-0.3, -0.25) is 0 Å². The molecule has 0 amide bonds. The highest BCUT2D eigenvalue weighted by Crippen LogP contribution is 2.44. The molecule has 1 N–H and O–H groups in total. The molecule has 1 aliphatic rings. The van der Waals surface area contributed by atoms with Gasteiger partial charge in [0.15, 0.2) is 11.5 Å². The number of rotatable bonds is 0. The first-order valence-corrected chi connectivity index (χ1v) is 5.97. The number of fused-ring (bicyclic) bond motifs is 3. The van der Waals surface area contributed by atoms with Crippen LogP contribution in [-0.2, 0) is 6.18 Å². The maximum atomic E-state index is 13.1. The maximum absolute atomic E-state index is 13.1. The molecule has 0 saturated carbocycles. The minimum Gasteiger partial charge on any atom is -0.450 e. The first-order valence-electron chi connectivity index (χ1n) is 5.18. The van der Waals surface area contributed by atoms with Crippen LogP contribution in [0.25, 0.3) is 11.0 Å². The van der Waals surface area contributed by atoms with Gasteiger partial charge in [0.2, 0.25) is 5.82 Å². The van der Waals surface area contributed by atoms with Gasteiger partial charge in [-0.05, 0) is 15.9 Å². The molecule has 4 nitrogen and oxygen atoms in total. The van der Waals surface area contributed by atoms with Crippen LogP contribution in [0.3, 0.4) is 0 Å². The highest BCUT2D eigenvalue weighted by molar-refractivity contribution is 9.10. The smallest absolute Gasteiger partial charge is 0.449 e. The molecular weight excluding hydrogens is 355 g/mol. The predicted molar refractivity (Wildman–Crippen MR) is 59.8 cm³/mol. The summed E-state index contributed by atoms with van der Waals surface area (Å²) in [6.45, 7) is 0. The van der Waals surface area contributed by atoms with Crippen molar-refractivity contribution in [1.29, 1.82) is 0 Å². The molecule has 108 valence electrons. The van der Waals surface area contributed by atoms with E-state index in [2.05, 4.69) is 30.4 Å². The minimum atomic E-state index is -4.71. The quantitative estimate of drug-likeness (QED) is 0.730. The normalized spacial score (nSPS) is 22.3. The lowest BCUT2D eigenvalue weighted by Gasteiger charge is -2.24. The van der Waals surface area contributed by atoms with Gasteiger partial charge in [-0.2, -0.15) is 22.0 Å². The summed E-state index contributed by atoms with van der Waals surface area (Å²) in [7, 11) is 0. The molecule has 1 aliphatic heterocycles. The average molecular weight is 359 g/mol. The Morgan fingerprint density at radius 3 is 2.50 bits per heavy atom. The largest absolute Gasteiger partial charge is 0.450 e. The molecule has 0 fully saturated rings. The molecule has 0 radical (unpaired) electrons. The molecule has 0 aliphatic carbocycles. The Balaban J connectivity index is 2.24. The van der Waals surface area contributed by atoms with Gasteiger partial charge in [0.25, 0.3) is 0 Å². The average Bonchev–Trinajstić information content (AvgIpc) is 2.77. The van der Waals surface area contributed by atoms with Gasteiger partial charge in [-0.1, -0.05) is 0 Å². The Bertz CT molecular complexity index is 686. The fraction of sp³-hybridized carbons (Fsp3) is 0.300. The second kappa shape index (κ2) is 4.21. The van der Waals surface area contributed by atoms with E-state index in [4.69, 9.17) is 0 Å². The SMILES string of the molecule is FC1Oc2cc(Br)c3nc(C(F)(F)F)[nH]c3c2OC1F. The van der Waals surface area contributed by atoms with Crippen LogP contribution >= 0.6 is 15.9 Å². The minimum absolute atomic E-state index is 0.121. The molecule has 2 aromatic rings. The van der Waals surface area contributed by atoms with Crippen molar-refractivity contribution in [2.24, 2.45) is 0 Å². The Labute approximate surface area is 116 Å². The van der Waals surface area contributed by atoms with Gasteiger partial charge >= 0.3 is 18.9 Å². The number of alkyl halides is 5. The number of nitrogens with one attached hydrogen (secondary N) is 1. The topological polar surface area (TPSA) is 47.1 Å². The predicted octanol–water partition coefficient (Wildman–Crippen LogP) is 3.71. The number of aromatic amines is 1. The molecule has 0 bridgehead atoms. The van der Waals surface area contributed by atoms with Crippen LogP contribution in [0, 0.1) is 0 Å². The second-order valence-electron chi connectivity index (χ2n) is 3.93.